The van der Waals surface area contributed by atoms with E-state index in [0.717, 1.165) is 42.6 Å². The van der Waals surface area contributed by atoms with Crippen molar-refractivity contribution >= 4 is 5.91 Å². The summed E-state index contributed by atoms with van der Waals surface area (Å²) >= 11 is 0. The first kappa shape index (κ1) is 19.4. The van der Waals surface area contributed by atoms with Crippen LogP contribution in [0, 0.1) is 34.9 Å². The van der Waals surface area contributed by atoms with Gasteiger partial charge in [-0.1, -0.05) is 12.1 Å². The third-order valence-corrected chi connectivity index (χ3v) is 7.07. The lowest BCUT2D eigenvalue weighted by atomic mass is 9.52. The van der Waals surface area contributed by atoms with Crippen LogP contribution in [0.2, 0.25) is 0 Å². The minimum absolute atomic E-state index is 0.0254. The summed E-state index contributed by atoms with van der Waals surface area (Å²) in [5.41, 5.74) is 0.844. The molecule has 4 fully saturated rings. The van der Waals surface area contributed by atoms with Gasteiger partial charge in [-0.25, -0.2) is 4.39 Å². The molecule has 5 rings (SSSR count). The number of benzene rings is 1. The SMILES string of the molecule is CN(CC(=O)N(CCC#N)C12CC3CC(CC(C3)C1)C2)Cc1cccc(F)c1. The highest BCUT2D eigenvalue weighted by atomic mass is 19.1. The zero-order valence-corrected chi connectivity index (χ0v) is 16.7. The van der Waals surface area contributed by atoms with Crippen LogP contribution in [0.1, 0.15) is 50.5 Å². The fraction of sp³-hybridized carbons (Fsp3) is 0.652. The first-order valence-corrected chi connectivity index (χ1v) is 10.6. The Labute approximate surface area is 167 Å². The Morgan fingerprint density at radius 2 is 1.86 bits per heavy atom. The van der Waals surface area contributed by atoms with E-state index in [9.17, 15) is 9.18 Å². The lowest BCUT2D eigenvalue weighted by Crippen LogP contribution is -2.62. The Hall–Kier alpha value is -1.93. The predicted octanol–water partition coefficient (Wildman–Crippen LogP) is 3.97. The van der Waals surface area contributed by atoms with Gasteiger partial charge in [-0.2, -0.15) is 5.26 Å². The fourth-order valence-corrected chi connectivity index (χ4v) is 6.50. The molecule has 4 bridgehead atoms. The van der Waals surface area contributed by atoms with Crippen molar-refractivity contribution in [3.63, 3.8) is 0 Å². The molecule has 1 amide bonds. The van der Waals surface area contributed by atoms with E-state index in [1.807, 2.05) is 18.0 Å². The van der Waals surface area contributed by atoms with Gasteiger partial charge in [-0.3, -0.25) is 9.69 Å². The average molecular weight is 384 g/mol. The molecular weight excluding hydrogens is 353 g/mol. The van der Waals surface area contributed by atoms with Crippen molar-refractivity contribution in [3.8, 4) is 6.07 Å². The Morgan fingerprint density at radius 3 is 2.43 bits per heavy atom. The van der Waals surface area contributed by atoms with Crippen molar-refractivity contribution in [1.82, 2.24) is 9.80 Å². The summed E-state index contributed by atoms with van der Waals surface area (Å²) in [5.74, 6) is 2.15. The second kappa shape index (κ2) is 7.83. The van der Waals surface area contributed by atoms with E-state index in [-0.39, 0.29) is 17.3 Å². The van der Waals surface area contributed by atoms with E-state index in [2.05, 4.69) is 11.0 Å². The second-order valence-corrected chi connectivity index (χ2v) is 9.40. The van der Waals surface area contributed by atoms with Crippen LogP contribution in [0.4, 0.5) is 4.39 Å². The molecule has 150 valence electrons. The molecule has 0 N–H and O–H groups in total. The highest BCUT2D eigenvalue weighted by Gasteiger charge is 2.54. The van der Waals surface area contributed by atoms with Crippen molar-refractivity contribution < 1.29 is 9.18 Å². The zero-order chi connectivity index (χ0) is 19.7. The summed E-state index contributed by atoms with van der Waals surface area (Å²) in [5, 5.41) is 9.15. The van der Waals surface area contributed by atoms with E-state index >= 15 is 0 Å². The molecule has 0 spiro atoms. The van der Waals surface area contributed by atoms with Crippen LogP contribution in [0.3, 0.4) is 0 Å². The van der Waals surface area contributed by atoms with Crippen molar-refractivity contribution in [2.75, 3.05) is 20.1 Å². The molecule has 4 nitrogen and oxygen atoms in total. The first-order valence-electron chi connectivity index (χ1n) is 10.6. The highest BCUT2D eigenvalue weighted by Crippen LogP contribution is 2.57. The molecule has 0 aromatic heterocycles. The molecule has 0 radical (unpaired) electrons. The zero-order valence-electron chi connectivity index (χ0n) is 16.7. The molecule has 4 aliphatic carbocycles. The summed E-state index contributed by atoms with van der Waals surface area (Å²) < 4.78 is 13.4. The van der Waals surface area contributed by atoms with Crippen LogP contribution in [-0.2, 0) is 11.3 Å². The van der Waals surface area contributed by atoms with E-state index in [4.69, 9.17) is 5.26 Å². The van der Waals surface area contributed by atoms with Crippen molar-refractivity contribution in [2.45, 2.75) is 57.0 Å². The van der Waals surface area contributed by atoms with Crippen molar-refractivity contribution in [3.05, 3.63) is 35.6 Å². The number of likely N-dealkylation sites (N-methyl/N-ethyl adjacent to an activating group) is 1. The van der Waals surface area contributed by atoms with Gasteiger partial charge in [-0.05, 0) is 81.0 Å². The number of nitriles is 1. The normalized spacial score (nSPS) is 30.4. The Kier molecular flexibility index (Phi) is 5.42. The number of hydrogen-bond donors (Lipinski definition) is 0. The highest BCUT2D eigenvalue weighted by molar-refractivity contribution is 5.79. The minimum atomic E-state index is -0.249. The van der Waals surface area contributed by atoms with E-state index in [0.29, 0.717) is 26.1 Å². The van der Waals surface area contributed by atoms with Gasteiger partial charge in [0.05, 0.1) is 19.0 Å². The lowest BCUT2D eigenvalue weighted by Gasteiger charge is -2.60. The van der Waals surface area contributed by atoms with Gasteiger partial charge in [0.2, 0.25) is 5.91 Å². The first-order chi connectivity index (χ1) is 13.5. The number of hydrogen-bond acceptors (Lipinski definition) is 3. The van der Waals surface area contributed by atoms with Crippen LogP contribution in [0.5, 0.6) is 0 Å². The summed E-state index contributed by atoms with van der Waals surface area (Å²) in [6.45, 7) is 1.38. The molecule has 0 heterocycles. The minimum Gasteiger partial charge on any atom is -0.335 e. The number of carbonyl (C=O) groups is 1. The number of halogens is 1. The Bertz CT molecular complexity index is 736. The molecule has 0 saturated heterocycles. The van der Waals surface area contributed by atoms with E-state index < -0.39 is 0 Å². The van der Waals surface area contributed by atoms with Crippen LogP contribution < -0.4 is 0 Å². The van der Waals surface area contributed by atoms with Gasteiger partial charge in [0.1, 0.15) is 5.82 Å². The Balaban J connectivity index is 1.46. The molecule has 0 unspecified atom stereocenters. The summed E-state index contributed by atoms with van der Waals surface area (Å²) in [7, 11) is 1.91. The molecule has 1 aromatic rings. The molecular formula is C23H30FN3O. The maximum atomic E-state index is 13.4. The molecule has 0 aliphatic heterocycles. The monoisotopic (exact) mass is 383 g/mol. The average Bonchev–Trinajstić information content (AvgIpc) is 2.60. The molecule has 4 saturated carbocycles. The number of amides is 1. The van der Waals surface area contributed by atoms with Gasteiger partial charge in [-0.15, -0.1) is 0 Å². The third-order valence-electron chi connectivity index (χ3n) is 7.07. The van der Waals surface area contributed by atoms with Gasteiger partial charge < -0.3 is 4.90 Å². The fourth-order valence-electron chi connectivity index (χ4n) is 6.50. The molecule has 5 heteroatoms. The quantitative estimate of drug-likeness (QED) is 0.716. The summed E-state index contributed by atoms with van der Waals surface area (Å²) in [6.07, 6.45) is 7.73. The number of carbonyl (C=O) groups excluding carboxylic acids is 1. The van der Waals surface area contributed by atoms with E-state index in [1.54, 1.807) is 6.07 Å². The smallest absolute Gasteiger partial charge is 0.237 e. The van der Waals surface area contributed by atoms with Crippen LogP contribution >= 0.6 is 0 Å². The maximum Gasteiger partial charge on any atom is 0.237 e. The Morgan fingerprint density at radius 1 is 1.21 bits per heavy atom. The van der Waals surface area contributed by atoms with Crippen LogP contribution in [-0.4, -0.2) is 41.4 Å². The van der Waals surface area contributed by atoms with Crippen molar-refractivity contribution in [1.29, 1.82) is 5.26 Å². The molecule has 1 aromatic carbocycles. The summed E-state index contributed by atoms with van der Waals surface area (Å²) in [6, 6.07) is 8.78. The topological polar surface area (TPSA) is 47.3 Å². The van der Waals surface area contributed by atoms with Crippen molar-refractivity contribution in [2.24, 2.45) is 17.8 Å². The summed E-state index contributed by atoms with van der Waals surface area (Å²) in [4.78, 5) is 17.4. The third kappa shape index (κ3) is 3.93. The number of nitrogens with zero attached hydrogens (tertiary/aromatic N) is 3. The molecule has 0 atom stereocenters. The maximum absolute atomic E-state index is 13.4. The van der Waals surface area contributed by atoms with Gasteiger partial charge in [0.25, 0.3) is 0 Å². The molecule has 28 heavy (non-hydrogen) atoms. The standard InChI is InChI=1S/C23H30FN3O/c1-26(15-17-4-2-5-21(24)11-17)16-22(28)27(7-3-6-25)23-12-18-8-19(13-23)10-20(9-18)14-23/h2,4-5,11,18-20H,3,7-10,12-16H2,1H3. The number of rotatable bonds is 7. The van der Waals surface area contributed by atoms with Gasteiger partial charge >= 0.3 is 0 Å². The van der Waals surface area contributed by atoms with E-state index in [1.165, 1.54) is 31.4 Å². The van der Waals surface area contributed by atoms with Gasteiger partial charge in [0, 0.05) is 18.6 Å². The molecule has 4 aliphatic rings. The van der Waals surface area contributed by atoms with Gasteiger partial charge in [0.15, 0.2) is 0 Å². The second-order valence-electron chi connectivity index (χ2n) is 9.40. The predicted molar refractivity (Wildman–Crippen MR) is 106 cm³/mol. The lowest BCUT2D eigenvalue weighted by molar-refractivity contribution is -0.151. The largest absolute Gasteiger partial charge is 0.335 e. The van der Waals surface area contributed by atoms with Crippen LogP contribution in [0.15, 0.2) is 24.3 Å². The van der Waals surface area contributed by atoms with Crippen LogP contribution in [0.25, 0.3) is 0 Å².